The van der Waals surface area contributed by atoms with Crippen LogP contribution in [0.2, 0.25) is 0 Å². The molecule has 1 aliphatic rings. The lowest BCUT2D eigenvalue weighted by molar-refractivity contribution is -0.109. The van der Waals surface area contributed by atoms with Gasteiger partial charge in [0.05, 0.1) is 5.75 Å². The molecule has 1 aromatic carbocycles. The second-order valence-electron chi connectivity index (χ2n) is 4.23. The van der Waals surface area contributed by atoms with Gasteiger partial charge < -0.3 is 0 Å². The maximum absolute atomic E-state index is 11.8. The summed E-state index contributed by atoms with van der Waals surface area (Å²) in [6.07, 6.45) is 2.57. The summed E-state index contributed by atoms with van der Waals surface area (Å²) in [5.41, 5.74) is 2.82. The maximum Gasteiger partial charge on any atom is 0.186 e. The van der Waals surface area contributed by atoms with Crippen LogP contribution in [0.3, 0.4) is 0 Å². The molecule has 0 fully saturated rings. The Balaban J connectivity index is 2.13. The Bertz CT molecular complexity index is 549. The predicted octanol–water partition coefficient (Wildman–Crippen LogP) is 2.84. The van der Waals surface area contributed by atoms with Crippen LogP contribution in [0.15, 0.2) is 18.2 Å². The Morgan fingerprint density at radius 2 is 2.22 bits per heavy atom. The molecule has 0 bridgehead atoms. The van der Waals surface area contributed by atoms with Crippen LogP contribution in [0.5, 0.6) is 0 Å². The number of aryl methyl sites for hydroxylation is 1. The summed E-state index contributed by atoms with van der Waals surface area (Å²) in [6.45, 7) is 1.53. The van der Waals surface area contributed by atoms with Crippen molar-refractivity contribution in [3.8, 4) is 11.8 Å². The summed E-state index contributed by atoms with van der Waals surface area (Å²) in [6, 6.07) is 5.82. The summed E-state index contributed by atoms with van der Waals surface area (Å²) in [7, 11) is 0. The number of thioether (sulfide) groups is 1. The monoisotopic (exact) mass is 258 g/mol. The van der Waals surface area contributed by atoms with Gasteiger partial charge in [-0.05, 0) is 30.5 Å². The molecule has 0 aromatic heterocycles. The van der Waals surface area contributed by atoms with Crippen LogP contribution in [0.4, 0.5) is 0 Å². The number of fused-ring (bicyclic) bond motifs is 1. The van der Waals surface area contributed by atoms with Crippen LogP contribution in [0, 0.1) is 11.8 Å². The van der Waals surface area contributed by atoms with Crippen molar-refractivity contribution in [2.45, 2.75) is 26.2 Å². The highest BCUT2D eigenvalue weighted by molar-refractivity contribution is 8.13. The molecule has 0 radical (unpaired) electrons. The third kappa shape index (κ3) is 3.24. The van der Waals surface area contributed by atoms with E-state index in [2.05, 4.69) is 11.8 Å². The zero-order valence-corrected chi connectivity index (χ0v) is 11.1. The molecule has 0 aliphatic heterocycles. The highest BCUT2D eigenvalue weighted by Gasteiger charge is 2.16. The summed E-state index contributed by atoms with van der Waals surface area (Å²) in [5.74, 6) is 6.65. The highest BCUT2D eigenvalue weighted by Crippen LogP contribution is 2.21. The van der Waals surface area contributed by atoms with Gasteiger partial charge in [0.2, 0.25) is 0 Å². The molecule has 18 heavy (non-hydrogen) atoms. The van der Waals surface area contributed by atoms with E-state index >= 15 is 0 Å². The Morgan fingerprint density at radius 3 is 3.00 bits per heavy atom. The minimum absolute atomic E-state index is 0.0740. The molecule has 3 heteroatoms. The van der Waals surface area contributed by atoms with Crippen LogP contribution in [-0.2, 0) is 11.2 Å². The third-order valence-electron chi connectivity index (χ3n) is 2.84. The molecule has 2 nitrogen and oxygen atoms in total. The molecule has 0 spiro atoms. The smallest absolute Gasteiger partial charge is 0.186 e. The largest absolute Gasteiger partial charge is 0.294 e. The fraction of sp³-hybridized carbons (Fsp3) is 0.333. The van der Waals surface area contributed by atoms with Gasteiger partial charge in [0.25, 0.3) is 0 Å². The van der Waals surface area contributed by atoms with E-state index in [0.29, 0.717) is 12.2 Å². The molecule has 2 rings (SSSR count). The lowest BCUT2D eigenvalue weighted by Gasteiger charge is -2.14. The second-order valence-corrected chi connectivity index (χ2v) is 5.38. The Labute approximate surface area is 111 Å². The predicted molar refractivity (Wildman–Crippen MR) is 73.7 cm³/mol. The van der Waals surface area contributed by atoms with Crippen molar-refractivity contribution in [2.75, 3.05) is 5.75 Å². The molecule has 92 valence electrons. The van der Waals surface area contributed by atoms with Crippen molar-refractivity contribution >= 4 is 22.7 Å². The zero-order chi connectivity index (χ0) is 13.0. The summed E-state index contributed by atoms with van der Waals surface area (Å²) in [5, 5.41) is 0.0740. The first-order valence-corrected chi connectivity index (χ1v) is 6.94. The van der Waals surface area contributed by atoms with Crippen LogP contribution in [-0.4, -0.2) is 16.7 Å². The summed E-state index contributed by atoms with van der Waals surface area (Å²) >= 11 is 1.20. The van der Waals surface area contributed by atoms with Gasteiger partial charge in [-0.2, -0.15) is 0 Å². The van der Waals surface area contributed by atoms with E-state index in [1.165, 1.54) is 18.7 Å². The van der Waals surface area contributed by atoms with E-state index < -0.39 is 0 Å². The Morgan fingerprint density at radius 1 is 1.39 bits per heavy atom. The van der Waals surface area contributed by atoms with E-state index in [4.69, 9.17) is 0 Å². The van der Waals surface area contributed by atoms with Crippen molar-refractivity contribution in [3.05, 3.63) is 34.9 Å². The number of Topliss-reactive ketones (excluding diaryl/α,β-unsaturated/α-hetero) is 1. The number of hydrogen-bond donors (Lipinski definition) is 0. The van der Waals surface area contributed by atoms with Gasteiger partial charge in [-0.3, -0.25) is 9.59 Å². The number of rotatable bonds is 1. The van der Waals surface area contributed by atoms with Crippen LogP contribution < -0.4 is 0 Å². The average molecular weight is 258 g/mol. The molecule has 0 amide bonds. The van der Waals surface area contributed by atoms with Gasteiger partial charge >= 0.3 is 0 Å². The first-order valence-electron chi connectivity index (χ1n) is 5.95. The first kappa shape index (κ1) is 12.9. The van der Waals surface area contributed by atoms with E-state index in [-0.39, 0.29) is 10.9 Å². The van der Waals surface area contributed by atoms with Crippen LogP contribution in [0.25, 0.3) is 0 Å². The van der Waals surface area contributed by atoms with Gasteiger partial charge in [-0.25, -0.2) is 0 Å². The standard InChI is InChI=1S/C15H14O2S/c1-11(16)18-9-3-4-12-7-8-13-5-2-6-15(17)14(13)10-12/h7-8,10H,2,5-6,9H2,1H3. The number of carbonyl (C=O) groups excluding carboxylic acids is 2. The normalized spacial score (nSPS) is 13.5. The quantitative estimate of drug-likeness (QED) is 0.726. The molecule has 1 aliphatic carbocycles. The molecule has 0 N–H and O–H groups in total. The van der Waals surface area contributed by atoms with Crippen molar-refractivity contribution in [1.82, 2.24) is 0 Å². The summed E-state index contributed by atoms with van der Waals surface area (Å²) < 4.78 is 0. The van der Waals surface area contributed by atoms with Crippen molar-refractivity contribution in [1.29, 1.82) is 0 Å². The van der Waals surface area contributed by atoms with E-state index in [1.807, 2.05) is 18.2 Å². The van der Waals surface area contributed by atoms with E-state index in [9.17, 15) is 9.59 Å². The number of hydrogen-bond acceptors (Lipinski definition) is 3. The Hall–Kier alpha value is -1.53. The first-order chi connectivity index (χ1) is 8.66. The molecule has 1 aromatic rings. The lowest BCUT2D eigenvalue weighted by Crippen LogP contribution is -2.10. The highest BCUT2D eigenvalue weighted by atomic mass is 32.2. The molecular weight excluding hydrogens is 244 g/mol. The molecule has 0 heterocycles. The summed E-state index contributed by atoms with van der Waals surface area (Å²) in [4.78, 5) is 22.5. The average Bonchev–Trinajstić information content (AvgIpc) is 2.35. The van der Waals surface area contributed by atoms with Crippen molar-refractivity contribution < 1.29 is 9.59 Å². The number of carbonyl (C=O) groups is 2. The van der Waals surface area contributed by atoms with Crippen molar-refractivity contribution in [2.24, 2.45) is 0 Å². The van der Waals surface area contributed by atoms with E-state index in [1.54, 1.807) is 0 Å². The minimum atomic E-state index is 0.0740. The number of ketones is 1. The van der Waals surface area contributed by atoms with Gasteiger partial charge in [0.1, 0.15) is 0 Å². The fourth-order valence-electron chi connectivity index (χ4n) is 1.98. The van der Waals surface area contributed by atoms with Crippen molar-refractivity contribution in [3.63, 3.8) is 0 Å². The van der Waals surface area contributed by atoms with Crippen LogP contribution in [0.1, 0.15) is 41.3 Å². The molecule has 0 unspecified atom stereocenters. The topological polar surface area (TPSA) is 34.1 Å². The van der Waals surface area contributed by atoms with Gasteiger partial charge in [-0.1, -0.05) is 29.7 Å². The molecular formula is C15H14O2S. The molecule has 0 atom stereocenters. The Kier molecular flexibility index (Phi) is 4.22. The SMILES string of the molecule is CC(=O)SCC#Cc1ccc2c(c1)C(=O)CCC2. The van der Waals surface area contributed by atoms with E-state index in [0.717, 1.165) is 29.5 Å². The zero-order valence-electron chi connectivity index (χ0n) is 10.3. The van der Waals surface area contributed by atoms with Gasteiger partial charge in [-0.15, -0.1) is 0 Å². The van der Waals surface area contributed by atoms with Gasteiger partial charge in [0, 0.05) is 24.5 Å². The van der Waals surface area contributed by atoms with Crippen LogP contribution >= 0.6 is 11.8 Å². The van der Waals surface area contributed by atoms with Gasteiger partial charge in [0.15, 0.2) is 10.9 Å². The third-order valence-corrected chi connectivity index (χ3v) is 3.54. The maximum atomic E-state index is 11.8. The fourth-order valence-corrected chi connectivity index (χ4v) is 2.33. The molecule has 0 saturated carbocycles. The second kappa shape index (κ2) is 5.88. The minimum Gasteiger partial charge on any atom is -0.294 e. The molecule has 0 saturated heterocycles. The lowest BCUT2D eigenvalue weighted by atomic mass is 9.89. The number of benzene rings is 1.